The van der Waals surface area contributed by atoms with E-state index < -0.39 is 0 Å². The van der Waals surface area contributed by atoms with Gasteiger partial charge in [0.15, 0.2) is 0 Å². The van der Waals surface area contributed by atoms with Crippen molar-refractivity contribution in [3.8, 4) is 0 Å². The Bertz CT molecular complexity index is 564. The van der Waals surface area contributed by atoms with E-state index in [9.17, 15) is 4.79 Å². The standard InChI is InChI=1S/C21H33N3O/c1-21(2,3)17-6-4-16(5-7-17)10-13-22-20(25)23-18-11-14-24(15-12-18)19-8-9-19/h4-7,18-19H,8-15H2,1-3H3,(H2,22,23,25). The normalized spacial score (nSPS) is 19.6. The summed E-state index contributed by atoms with van der Waals surface area (Å²) in [7, 11) is 0. The first kappa shape index (κ1) is 18.2. The van der Waals surface area contributed by atoms with E-state index >= 15 is 0 Å². The van der Waals surface area contributed by atoms with Gasteiger partial charge < -0.3 is 15.5 Å². The first-order valence-electron chi connectivity index (χ1n) is 9.79. The predicted octanol–water partition coefficient (Wildman–Crippen LogP) is 3.45. The van der Waals surface area contributed by atoms with Crippen molar-refractivity contribution in [3.05, 3.63) is 35.4 Å². The fourth-order valence-electron chi connectivity index (χ4n) is 3.58. The van der Waals surface area contributed by atoms with Gasteiger partial charge in [0.1, 0.15) is 0 Å². The summed E-state index contributed by atoms with van der Waals surface area (Å²) in [6, 6.07) is 9.91. The largest absolute Gasteiger partial charge is 0.338 e. The Kier molecular flexibility index (Phi) is 5.67. The Morgan fingerprint density at radius 1 is 1.08 bits per heavy atom. The van der Waals surface area contributed by atoms with Gasteiger partial charge in [0.25, 0.3) is 0 Å². The fourth-order valence-corrected chi connectivity index (χ4v) is 3.58. The van der Waals surface area contributed by atoms with Crippen LogP contribution in [0.1, 0.15) is 57.6 Å². The van der Waals surface area contributed by atoms with Gasteiger partial charge in [-0.2, -0.15) is 0 Å². The van der Waals surface area contributed by atoms with Crippen LogP contribution in [0.4, 0.5) is 4.79 Å². The molecule has 1 aromatic rings. The van der Waals surface area contributed by atoms with E-state index in [0.29, 0.717) is 12.6 Å². The lowest BCUT2D eigenvalue weighted by molar-refractivity contribution is 0.186. The van der Waals surface area contributed by atoms with E-state index in [1.807, 2.05) is 0 Å². The molecule has 1 saturated carbocycles. The number of carbonyl (C=O) groups excluding carboxylic acids is 1. The smallest absolute Gasteiger partial charge is 0.315 e. The van der Waals surface area contributed by atoms with Gasteiger partial charge >= 0.3 is 6.03 Å². The molecule has 0 bridgehead atoms. The fraction of sp³-hybridized carbons (Fsp3) is 0.667. The third-order valence-corrected chi connectivity index (χ3v) is 5.45. The number of urea groups is 1. The zero-order valence-corrected chi connectivity index (χ0v) is 16.0. The number of amides is 2. The summed E-state index contributed by atoms with van der Waals surface area (Å²) in [4.78, 5) is 14.7. The lowest BCUT2D eigenvalue weighted by atomic mass is 9.86. The molecule has 4 heteroatoms. The summed E-state index contributed by atoms with van der Waals surface area (Å²) in [5, 5.41) is 6.14. The molecular weight excluding hydrogens is 310 g/mol. The highest BCUT2D eigenvalue weighted by Gasteiger charge is 2.32. The summed E-state index contributed by atoms with van der Waals surface area (Å²) >= 11 is 0. The molecule has 2 aliphatic rings. The van der Waals surface area contributed by atoms with Gasteiger partial charge in [0, 0.05) is 31.7 Å². The van der Waals surface area contributed by atoms with Gasteiger partial charge in [-0.15, -0.1) is 0 Å². The van der Waals surface area contributed by atoms with Gasteiger partial charge in [-0.1, -0.05) is 45.0 Å². The SMILES string of the molecule is CC(C)(C)c1ccc(CCNC(=O)NC2CCN(C3CC3)CC2)cc1. The third kappa shape index (κ3) is 5.46. The van der Waals surface area contributed by atoms with Crippen molar-refractivity contribution < 1.29 is 4.79 Å². The molecule has 2 fully saturated rings. The minimum Gasteiger partial charge on any atom is -0.338 e. The van der Waals surface area contributed by atoms with Gasteiger partial charge in [0.05, 0.1) is 0 Å². The molecule has 2 N–H and O–H groups in total. The Labute approximate surface area is 152 Å². The zero-order valence-electron chi connectivity index (χ0n) is 16.0. The van der Waals surface area contributed by atoms with Crippen molar-refractivity contribution in [1.82, 2.24) is 15.5 Å². The van der Waals surface area contributed by atoms with E-state index in [4.69, 9.17) is 0 Å². The van der Waals surface area contributed by atoms with E-state index in [2.05, 4.69) is 60.6 Å². The van der Waals surface area contributed by atoms with Crippen molar-refractivity contribution in [1.29, 1.82) is 0 Å². The van der Waals surface area contributed by atoms with Crippen LogP contribution in [0.2, 0.25) is 0 Å². The average Bonchev–Trinajstić information content (AvgIpc) is 3.40. The van der Waals surface area contributed by atoms with Gasteiger partial charge in [-0.05, 0) is 48.6 Å². The molecule has 25 heavy (non-hydrogen) atoms. The molecule has 0 spiro atoms. The lowest BCUT2D eigenvalue weighted by Crippen LogP contribution is -2.48. The van der Waals surface area contributed by atoms with Crippen LogP contribution in [0, 0.1) is 0 Å². The van der Waals surface area contributed by atoms with E-state index in [-0.39, 0.29) is 11.4 Å². The van der Waals surface area contributed by atoms with Gasteiger partial charge in [-0.25, -0.2) is 4.79 Å². The van der Waals surface area contributed by atoms with Crippen molar-refractivity contribution in [2.24, 2.45) is 0 Å². The molecule has 4 nitrogen and oxygen atoms in total. The van der Waals surface area contributed by atoms with Crippen LogP contribution in [0.15, 0.2) is 24.3 Å². The van der Waals surface area contributed by atoms with Crippen molar-refractivity contribution in [3.63, 3.8) is 0 Å². The summed E-state index contributed by atoms with van der Waals surface area (Å²) in [6.07, 6.45) is 5.78. The topological polar surface area (TPSA) is 44.4 Å². The van der Waals surface area contributed by atoms with E-state index in [1.165, 1.54) is 24.0 Å². The molecule has 1 aliphatic heterocycles. The molecule has 3 rings (SSSR count). The Morgan fingerprint density at radius 3 is 2.28 bits per heavy atom. The highest BCUT2D eigenvalue weighted by Crippen LogP contribution is 2.29. The minimum absolute atomic E-state index is 0.0174. The quantitative estimate of drug-likeness (QED) is 0.860. The number of carbonyl (C=O) groups is 1. The summed E-state index contributed by atoms with van der Waals surface area (Å²) in [5.74, 6) is 0. The minimum atomic E-state index is -0.0174. The van der Waals surface area contributed by atoms with Gasteiger partial charge in [0.2, 0.25) is 0 Å². The average molecular weight is 344 g/mol. The number of likely N-dealkylation sites (tertiary alicyclic amines) is 1. The number of hydrogen-bond acceptors (Lipinski definition) is 2. The second-order valence-electron chi connectivity index (χ2n) is 8.64. The molecule has 0 unspecified atom stereocenters. The van der Waals surface area contributed by atoms with Crippen molar-refractivity contribution in [2.45, 2.75) is 70.4 Å². The molecule has 1 saturated heterocycles. The van der Waals surface area contributed by atoms with Crippen LogP contribution < -0.4 is 10.6 Å². The van der Waals surface area contributed by atoms with Crippen molar-refractivity contribution in [2.75, 3.05) is 19.6 Å². The summed E-state index contributed by atoms with van der Waals surface area (Å²) in [6.45, 7) is 9.63. The number of benzene rings is 1. The van der Waals surface area contributed by atoms with Gasteiger partial charge in [-0.3, -0.25) is 0 Å². The second kappa shape index (κ2) is 7.77. The molecule has 2 amide bonds. The van der Waals surface area contributed by atoms with E-state index in [1.54, 1.807) is 0 Å². The molecule has 0 radical (unpaired) electrons. The molecule has 1 aromatic carbocycles. The Morgan fingerprint density at radius 2 is 1.72 bits per heavy atom. The summed E-state index contributed by atoms with van der Waals surface area (Å²) in [5.41, 5.74) is 2.80. The number of hydrogen-bond donors (Lipinski definition) is 2. The first-order chi connectivity index (χ1) is 11.9. The van der Waals surface area contributed by atoms with Crippen LogP contribution in [-0.4, -0.2) is 42.6 Å². The second-order valence-corrected chi connectivity index (χ2v) is 8.64. The molecule has 1 aliphatic carbocycles. The lowest BCUT2D eigenvalue weighted by Gasteiger charge is -2.32. The summed E-state index contributed by atoms with van der Waals surface area (Å²) < 4.78 is 0. The van der Waals surface area contributed by atoms with Crippen LogP contribution >= 0.6 is 0 Å². The highest BCUT2D eigenvalue weighted by atomic mass is 16.2. The molecule has 1 heterocycles. The van der Waals surface area contributed by atoms with Crippen LogP contribution in [0.5, 0.6) is 0 Å². The first-order valence-corrected chi connectivity index (χ1v) is 9.79. The van der Waals surface area contributed by atoms with Crippen LogP contribution in [0.25, 0.3) is 0 Å². The Hall–Kier alpha value is -1.55. The highest BCUT2D eigenvalue weighted by molar-refractivity contribution is 5.74. The Balaban J connectivity index is 1.34. The number of nitrogens with one attached hydrogen (secondary N) is 2. The van der Waals surface area contributed by atoms with Crippen molar-refractivity contribution >= 4 is 6.03 Å². The molecule has 0 atom stereocenters. The molecule has 138 valence electrons. The maximum Gasteiger partial charge on any atom is 0.315 e. The number of piperidine rings is 1. The van der Waals surface area contributed by atoms with Crippen LogP contribution in [0.3, 0.4) is 0 Å². The number of nitrogens with zero attached hydrogens (tertiary/aromatic N) is 1. The maximum absolute atomic E-state index is 12.1. The van der Waals surface area contributed by atoms with Crippen LogP contribution in [-0.2, 0) is 11.8 Å². The third-order valence-electron chi connectivity index (χ3n) is 5.45. The van der Waals surface area contributed by atoms with E-state index in [0.717, 1.165) is 38.4 Å². The molecular formula is C21H33N3O. The predicted molar refractivity (Wildman–Crippen MR) is 103 cm³/mol. The molecule has 0 aromatic heterocycles. The monoisotopic (exact) mass is 343 g/mol. The maximum atomic E-state index is 12.1. The number of rotatable bonds is 5. The zero-order chi connectivity index (χ0) is 17.9.